The fourth-order valence-electron chi connectivity index (χ4n) is 3.23. The molecule has 4 nitrogen and oxygen atoms in total. The molecule has 0 unspecified atom stereocenters. The smallest absolute Gasteiger partial charge is 0.265 e. The number of hydrogen-bond acceptors (Lipinski definition) is 3. The molecule has 1 aromatic carbocycles. The summed E-state index contributed by atoms with van der Waals surface area (Å²) in [5, 5.41) is 0. The van der Waals surface area contributed by atoms with Gasteiger partial charge in [-0.1, -0.05) is 30.5 Å². The third-order valence-electron chi connectivity index (χ3n) is 4.24. The zero-order valence-corrected chi connectivity index (χ0v) is 12.7. The van der Waals surface area contributed by atoms with Crippen LogP contribution in [0.4, 0.5) is 0 Å². The van der Waals surface area contributed by atoms with E-state index in [1.165, 1.54) is 0 Å². The van der Waals surface area contributed by atoms with Crippen LogP contribution < -0.4 is 0 Å². The van der Waals surface area contributed by atoms with Gasteiger partial charge in [0.05, 0.1) is 17.0 Å². The van der Waals surface area contributed by atoms with Crippen LogP contribution in [0.5, 0.6) is 0 Å². The van der Waals surface area contributed by atoms with Crippen molar-refractivity contribution < 1.29 is 8.42 Å². The number of sulfonamides is 1. The third-order valence-corrected chi connectivity index (χ3v) is 6.17. The maximum atomic E-state index is 12.9. The maximum Gasteiger partial charge on any atom is 0.265 e. The number of aryl methyl sites for hydroxylation is 1. The van der Waals surface area contributed by atoms with Gasteiger partial charge in [0.25, 0.3) is 10.0 Å². The molecule has 0 saturated heterocycles. The van der Waals surface area contributed by atoms with Crippen LogP contribution in [0.2, 0.25) is 0 Å². The molecule has 1 aromatic rings. The summed E-state index contributed by atoms with van der Waals surface area (Å²) >= 11 is 0. The summed E-state index contributed by atoms with van der Waals surface area (Å²) in [6.45, 7) is 3.76. The normalized spacial score (nSPS) is 26.3. The Kier molecular flexibility index (Phi) is 3.32. The number of amidine groups is 1. The van der Waals surface area contributed by atoms with Crippen molar-refractivity contribution in [2.24, 2.45) is 4.99 Å². The van der Waals surface area contributed by atoms with Crippen LogP contribution in [-0.2, 0) is 10.0 Å². The van der Waals surface area contributed by atoms with Crippen LogP contribution >= 0.6 is 0 Å². The molecule has 0 spiro atoms. The number of benzene rings is 1. The molecule has 1 aliphatic heterocycles. The fourth-order valence-corrected chi connectivity index (χ4v) is 4.93. The van der Waals surface area contributed by atoms with Gasteiger partial charge in [-0.2, -0.15) is 0 Å². The number of aliphatic imine (C=N–C) groups is 1. The highest BCUT2D eigenvalue weighted by molar-refractivity contribution is 7.89. The van der Waals surface area contributed by atoms with Crippen LogP contribution in [0, 0.1) is 6.92 Å². The van der Waals surface area contributed by atoms with Crippen molar-refractivity contribution in [2.45, 2.75) is 56.5 Å². The van der Waals surface area contributed by atoms with E-state index in [1.54, 1.807) is 16.4 Å². The van der Waals surface area contributed by atoms with Crippen molar-refractivity contribution in [1.82, 2.24) is 4.31 Å². The van der Waals surface area contributed by atoms with E-state index < -0.39 is 10.0 Å². The minimum absolute atomic E-state index is 0.0232. The third kappa shape index (κ3) is 2.14. The van der Waals surface area contributed by atoms with Crippen LogP contribution in [0.25, 0.3) is 0 Å². The lowest BCUT2D eigenvalue weighted by Crippen LogP contribution is -2.44. The van der Waals surface area contributed by atoms with Crippen molar-refractivity contribution in [3.63, 3.8) is 0 Å². The van der Waals surface area contributed by atoms with Gasteiger partial charge in [-0.3, -0.25) is 4.99 Å². The van der Waals surface area contributed by atoms with Gasteiger partial charge >= 0.3 is 0 Å². The molecule has 2 atom stereocenters. The van der Waals surface area contributed by atoms with Crippen molar-refractivity contribution in [2.75, 3.05) is 0 Å². The van der Waals surface area contributed by atoms with Gasteiger partial charge in [0, 0.05) is 0 Å². The molecule has 0 bridgehead atoms. The van der Waals surface area contributed by atoms with Gasteiger partial charge in [0.15, 0.2) is 0 Å². The minimum atomic E-state index is -3.47. The standard InChI is InChI=1S/C15H20N2O2S/c1-11-7-9-13(10-8-11)20(18,19)17-12(2)16-14-5-3-4-6-15(14)17/h7-10,14-15H,3-6H2,1-2H3/t14-,15+/m1/s1. The summed E-state index contributed by atoms with van der Waals surface area (Å²) in [4.78, 5) is 4.93. The lowest BCUT2D eigenvalue weighted by atomic mass is 9.92. The molecule has 1 saturated carbocycles. The highest BCUT2D eigenvalue weighted by Crippen LogP contribution is 2.34. The zero-order valence-electron chi connectivity index (χ0n) is 11.9. The highest BCUT2D eigenvalue weighted by Gasteiger charge is 2.42. The molecule has 1 heterocycles. The average Bonchev–Trinajstić information content (AvgIpc) is 2.75. The number of fused-ring (bicyclic) bond motifs is 1. The molecular formula is C15H20N2O2S. The van der Waals surface area contributed by atoms with Gasteiger partial charge < -0.3 is 0 Å². The molecule has 0 N–H and O–H groups in total. The van der Waals surface area contributed by atoms with E-state index in [0.717, 1.165) is 31.2 Å². The van der Waals surface area contributed by atoms with E-state index in [-0.39, 0.29) is 12.1 Å². The first kappa shape index (κ1) is 13.6. The molecule has 0 aromatic heterocycles. The van der Waals surface area contributed by atoms with Crippen molar-refractivity contribution >= 4 is 15.9 Å². The molecule has 108 valence electrons. The maximum absolute atomic E-state index is 12.9. The molecule has 20 heavy (non-hydrogen) atoms. The first-order chi connectivity index (χ1) is 9.50. The predicted octanol–water partition coefficient (Wildman–Crippen LogP) is 2.73. The van der Waals surface area contributed by atoms with E-state index >= 15 is 0 Å². The Morgan fingerprint density at radius 2 is 1.75 bits per heavy atom. The molecule has 5 heteroatoms. The minimum Gasteiger partial charge on any atom is -0.266 e. The van der Waals surface area contributed by atoms with Crippen LogP contribution in [0.1, 0.15) is 38.2 Å². The van der Waals surface area contributed by atoms with Crippen molar-refractivity contribution in [3.05, 3.63) is 29.8 Å². The second kappa shape index (κ2) is 4.88. The molecular weight excluding hydrogens is 272 g/mol. The fraction of sp³-hybridized carbons (Fsp3) is 0.533. The van der Waals surface area contributed by atoms with Gasteiger partial charge in [-0.05, 0) is 38.8 Å². The first-order valence-electron chi connectivity index (χ1n) is 7.15. The lowest BCUT2D eigenvalue weighted by molar-refractivity contribution is 0.315. The average molecular weight is 292 g/mol. The topological polar surface area (TPSA) is 49.7 Å². The Balaban J connectivity index is 1.98. The Bertz CT molecular complexity index is 634. The van der Waals surface area contributed by atoms with Crippen molar-refractivity contribution in [1.29, 1.82) is 0 Å². The summed E-state index contributed by atoms with van der Waals surface area (Å²) in [6, 6.07) is 7.24. The second-order valence-corrected chi connectivity index (χ2v) is 7.52. The quantitative estimate of drug-likeness (QED) is 0.841. The van der Waals surface area contributed by atoms with E-state index in [2.05, 4.69) is 4.99 Å². The first-order valence-corrected chi connectivity index (χ1v) is 8.59. The van der Waals surface area contributed by atoms with E-state index in [1.807, 2.05) is 26.0 Å². The van der Waals surface area contributed by atoms with Gasteiger partial charge in [0.1, 0.15) is 5.84 Å². The highest BCUT2D eigenvalue weighted by atomic mass is 32.2. The zero-order chi connectivity index (χ0) is 14.3. The number of rotatable bonds is 2. The second-order valence-electron chi connectivity index (χ2n) is 5.71. The van der Waals surface area contributed by atoms with E-state index in [9.17, 15) is 8.42 Å². The van der Waals surface area contributed by atoms with Gasteiger partial charge in [-0.25, -0.2) is 12.7 Å². The molecule has 1 fully saturated rings. The molecule has 2 aliphatic rings. The Labute approximate surface area is 120 Å². The van der Waals surface area contributed by atoms with Crippen molar-refractivity contribution in [3.8, 4) is 0 Å². The largest absolute Gasteiger partial charge is 0.266 e. The van der Waals surface area contributed by atoms with Crippen LogP contribution in [-0.4, -0.2) is 30.6 Å². The van der Waals surface area contributed by atoms with Gasteiger partial charge in [0.2, 0.25) is 0 Å². The number of hydrogen-bond donors (Lipinski definition) is 0. The SMILES string of the molecule is CC1=N[C@@H]2CCCC[C@@H]2N1S(=O)(=O)c1ccc(C)cc1. The number of nitrogens with zero attached hydrogens (tertiary/aromatic N) is 2. The predicted molar refractivity (Wildman–Crippen MR) is 79.4 cm³/mol. The van der Waals surface area contributed by atoms with Crippen LogP contribution in [0.15, 0.2) is 34.2 Å². The van der Waals surface area contributed by atoms with E-state index in [0.29, 0.717) is 10.7 Å². The van der Waals surface area contributed by atoms with Gasteiger partial charge in [-0.15, -0.1) is 0 Å². The monoisotopic (exact) mass is 292 g/mol. The van der Waals surface area contributed by atoms with Crippen LogP contribution in [0.3, 0.4) is 0 Å². The molecule has 1 aliphatic carbocycles. The molecule has 0 amide bonds. The molecule has 3 rings (SSSR count). The Hall–Kier alpha value is -1.36. The Morgan fingerprint density at radius 3 is 2.45 bits per heavy atom. The molecule has 0 radical (unpaired) electrons. The lowest BCUT2D eigenvalue weighted by Gasteiger charge is -2.31. The van der Waals surface area contributed by atoms with E-state index in [4.69, 9.17) is 0 Å². The summed E-state index contributed by atoms with van der Waals surface area (Å²) in [6.07, 6.45) is 4.15. The summed E-state index contributed by atoms with van der Waals surface area (Å²) in [5.74, 6) is 0.641. The summed E-state index contributed by atoms with van der Waals surface area (Å²) in [5.41, 5.74) is 1.06. The Morgan fingerprint density at radius 1 is 1.10 bits per heavy atom. The summed E-state index contributed by atoms with van der Waals surface area (Å²) < 4.78 is 27.3. The summed E-state index contributed by atoms with van der Waals surface area (Å²) in [7, 11) is -3.47.